The van der Waals surface area contributed by atoms with E-state index < -0.39 is 10.0 Å². The number of nitrogens with one attached hydrogen (secondary N) is 1. The summed E-state index contributed by atoms with van der Waals surface area (Å²) < 4.78 is 32.9. The summed E-state index contributed by atoms with van der Waals surface area (Å²) in [7, 11) is -3.55. The van der Waals surface area contributed by atoms with Gasteiger partial charge in [-0.25, -0.2) is 13.1 Å². The lowest BCUT2D eigenvalue weighted by molar-refractivity contribution is 0.344. The lowest BCUT2D eigenvalue weighted by Gasteiger charge is -2.12. The van der Waals surface area contributed by atoms with Crippen LogP contribution in [0.5, 0.6) is 5.75 Å². The second-order valence-corrected chi connectivity index (χ2v) is 6.32. The van der Waals surface area contributed by atoms with E-state index in [0.717, 1.165) is 5.39 Å². The van der Waals surface area contributed by atoms with Crippen molar-refractivity contribution < 1.29 is 13.2 Å². The van der Waals surface area contributed by atoms with E-state index in [9.17, 15) is 8.42 Å². The number of hydrogen-bond donors (Lipinski definition) is 2. The second-order valence-electron chi connectivity index (χ2n) is 4.58. The predicted octanol–water partition coefficient (Wildman–Crippen LogP) is 2.29. The maximum absolute atomic E-state index is 12.4. The number of fused-ring (bicyclic) bond motifs is 1. The largest absolute Gasteiger partial charge is 0.493 e. The number of rotatable bonds is 7. The third-order valence-electron chi connectivity index (χ3n) is 3.11. The smallest absolute Gasteiger partial charge is 0.241 e. The van der Waals surface area contributed by atoms with Crippen LogP contribution in [0.1, 0.15) is 13.3 Å². The van der Waals surface area contributed by atoms with E-state index in [1.165, 1.54) is 0 Å². The van der Waals surface area contributed by atoms with Crippen molar-refractivity contribution >= 4 is 33.2 Å². The summed E-state index contributed by atoms with van der Waals surface area (Å²) in [6.07, 6.45) is 0.605. The average molecular weight is 345 g/mol. The first kappa shape index (κ1) is 18.7. The molecule has 3 N–H and O–H groups in total. The van der Waals surface area contributed by atoms with Crippen LogP contribution in [-0.2, 0) is 10.0 Å². The van der Waals surface area contributed by atoms with Crippen LogP contribution in [0.2, 0.25) is 0 Å². The molecule has 0 amide bonds. The van der Waals surface area contributed by atoms with Gasteiger partial charge in [-0.2, -0.15) is 0 Å². The molecule has 0 saturated carbocycles. The second kappa shape index (κ2) is 8.33. The molecule has 0 aliphatic carbocycles. The summed E-state index contributed by atoms with van der Waals surface area (Å²) in [6.45, 7) is 3.21. The molecule has 2 rings (SSSR count). The van der Waals surface area contributed by atoms with Crippen LogP contribution in [0, 0.1) is 0 Å². The van der Waals surface area contributed by atoms with E-state index in [0.29, 0.717) is 37.3 Å². The average Bonchev–Trinajstić information content (AvgIpc) is 2.48. The van der Waals surface area contributed by atoms with Gasteiger partial charge in [-0.1, -0.05) is 24.3 Å². The fourth-order valence-electron chi connectivity index (χ4n) is 2.15. The lowest BCUT2D eigenvalue weighted by Crippen LogP contribution is -2.26. The zero-order valence-electron chi connectivity index (χ0n) is 12.4. The van der Waals surface area contributed by atoms with Gasteiger partial charge in [-0.05, 0) is 32.0 Å². The molecule has 0 fully saturated rings. The Labute approximate surface area is 137 Å². The van der Waals surface area contributed by atoms with Gasteiger partial charge in [0.05, 0.1) is 11.5 Å². The molecular formula is C15H21ClN2O3S. The van der Waals surface area contributed by atoms with Crippen LogP contribution in [-0.4, -0.2) is 28.1 Å². The number of sulfonamides is 1. The Morgan fingerprint density at radius 1 is 1.14 bits per heavy atom. The summed E-state index contributed by atoms with van der Waals surface area (Å²) in [5.74, 6) is 0.689. The molecule has 0 bridgehead atoms. The van der Waals surface area contributed by atoms with E-state index in [-0.39, 0.29) is 17.3 Å². The highest BCUT2D eigenvalue weighted by Crippen LogP contribution is 2.30. The minimum atomic E-state index is -3.55. The van der Waals surface area contributed by atoms with Gasteiger partial charge < -0.3 is 10.5 Å². The Kier molecular flexibility index (Phi) is 7.09. The number of hydrogen-bond acceptors (Lipinski definition) is 4. The van der Waals surface area contributed by atoms with Gasteiger partial charge >= 0.3 is 0 Å². The maximum Gasteiger partial charge on any atom is 0.241 e. The molecule has 0 unspecified atom stereocenters. The van der Waals surface area contributed by atoms with Crippen molar-refractivity contribution in [3.8, 4) is 5.75 Å². The Hall–Kier alpha value is -1.34. The maximum atomic E-state index is 12.4. The highest BCUT2D eigenvalue weighted by Gasteiger charge is 2.18. The number of ether oxygens (including phenoxy) is 1. The molecule has 0 radical (unpaired) electrons. The first-order valence-corrected chi connectivity index (χ1v) is 8.42. The summed E-state index contributed by atoms with van der Waals surface area (Å²) in [5, 5.41) is 1.45. The molecule has 0 atom stereocenters. The van der Waals surface area contributed by atoms with E-state index >= 15 is 0 Å². The van der Waals surface area contributed by atoms with Gasteiger partial charge in [0.2, 0.25) is 10.0 Å². The van der Waals surface area contributed by atoms with E-state index in [1.807, 2.05) is 25.1 Å². The first-order chi connectivity index (χ1) is 10.1. The van der Waals surface area contributed by atoms with Crippen molar-refractivity contribution in [2.45, 2.75) is 18.2 Å². The molecule has 0 spiro atoms. The van der Waals surface area contributed by atoms with Crippen molar-refractivity contribution in [3.63, 3.8) is 0 Å². The van der Waals surface area contributed by atoms with Gasteiger partial charge in [0.1, 0.15) is 5.75 Å². The Bertz CT molecular complexity index is 720. The van der Waals surface area contributed by atoms with Gasteiger partial charge in [-0.3, -0.25) is 0 Å². The van der Waals surface area contributed by atoms with Crippen molar-refractivity contribution in [1.29, 1.82) is 0 Å². The van der Waals surface area contributed by atoms with Gasteiger partial charge in [-0.15, -0.1) is 12.4 Å². The number of halogens is 1. The topological polar surface area (TPSA) is 81.4 Å². The summed E-state index contributed by atoms with van der Waals surface area (Å²) in [4.78, 5) is 0.263. The number of nitrogens with two attached hydrogens (primary N) is 1. The van der Waals surface area contributed by atoms with Gasteiger partial charge in [0.15, 0.2) is 0 Å². The van der Waals surface area contributed by atoms with Crippen LogP contribution in [0.4, 0.5) is 0 Å². The van der Waals surface area contributed by atoms with Crippen molar-refractivity contribution in [2.75, 3.05) is 19.7 Å². The van der Waals surface area contributed by atoms with Crippen LogP contribution < -0.4 is 15.2 Å². The van der Waals surface area contributed by atoms with E-state index in [1.54, 1.807) is 18.2 Å². The normalized spacial score (nSPS) is 11.2. The molecule has 0 aliphatic heterocycles. The van der Waals surface area contributed by atoms with Crippen molar-refractivity contribution in [1.82, 2.24) is 4.72 Å². The van der Waals surface area contributed by atoms with Crippen LogP contribution in [0.3, 0.4) is 0 Å². The molecule has 0 heterocycles. The molecule has 0 aromatic heterocycles. The monoisotopic (exact) mass is 344 g/mol. The van der Waals surface area contributed by atoms with Crippen LogP contribution in [0.25, 0.3) is 10.8 Å². The Balaban J connectivity index is 0.00000242. The van der Waals surface area contributed by atoms with Crippen molar-refractivity contribution in [3.05, 3.63) is 36.4 Å². The summed E-state index contributed by atoms with van der Waals surface area (Å²) >= 11 is 0. The highest BCUT2D eigenvalue weighted by atomic mass is 35.5. The van der Waals surface area contributed by atoms with E-state index in [4.69, 9.17) is 10.5 Å². The zero-order chi connectivity index (χ0) is 15.3. The molecule has 7 heteroatoms. The molecule has 122 valence electrons. The molecular weight excluding hydrogens is 324 g/mol. The molecule has 22 heavy (non-hydrogen) atoms. The Morgan fingerprint density at radius 2 is 1.82 bits per heavy atom. The molecule has 0 aliphatic rings. The third kappa shape index (κ3) is 4.10. The van der Waals surface area contributed by atoms with E-state index in [2.05, 4.69) is 4.72 Å². The molecule has 2 aromatic rings. The molecule has 2 aromatic carbocycles. The quantitative estimate of drug-likeness (QED) is 0.755. The predicted molar refractivity (Wildman–Crippen MR) is 91.2 cm³/mol. The van der Waals surface area contributed by atoms with Crippen LogP contribution >= 0.6 is 12.4 Å². The third-order valence-corrected chi connectivity index (χ3v) is 4.63. The molecule has 5 nitrogen and oxygen atoms in total. The lowest BCUT2D eigenvalue weighted by atomic mass is 10.1. The molecule has 0 saturated heterocycles. The minimum Gasteiger partial charge on any atom is -0.493 e. The minimum absolute atomic E-state index is 0. The first-order valence-electron chi connectivity index (χ1n) is 6.94. The Morgan fingerprint density at radius 3 is 2.45 bits per heavy atom. The van der Waals surface area contributed by atoms with Gasteiger partial charge in [0, 0.05) is 17.3 Å². The fourth-order valence-corrected chi connectivity index (χ4v) is 3.43. The standard InChI is InChI=1S/C15H20N2O3S.ClH/c1-2-20-14-8-9-15(13-7-4-3-6-12(13)14)21(18,19)17-11-5-10-16;/h3-4,6-9,17H,2,5,10-11,16H2,1H3;1H. The summed E-state index contributed by atoms with van der Waals surface area (Å²) in [6, 6.07) is 10.6. The highest BCUT2D eigenvalue weighted by molar-refractivity contribution is 7.89. The fraction of sp³-hybridized carbons (Fsp3) is 0.333. The van der Waals surface area contributed by atoms with Crippen LogP contribution in [0.15, 0.2) is 41.3 Å². The number of benzene rings is 2. The SMILES string of the molecule is CCOc1ccc(S(=O)(=O)NCCCN)c2ccccc12.Cl. The van der Waals surface area contributed by atoms with Crippen molar-refractivity contribution in [2.24, 2.45) is 5.73 Å². The van der Waals surface area contributed by atoms with Gasteiger partial charge in [0.25, 0.3) is 0 Å². The zero-order valence-corrected chi connectivity index (χ0v) is 14.0. The summed E-state index contributed by atoms with van der Waals surface area (Å²) in [5.41, 5.74) is 5.39.